The molecule has 0 saturated carbocycles. The first-order valence-electron chi connectivity index (χ1n) is 4.99. The van der Waals surface area contributed by atoms with Gasteiger partial charge in [0.05, 0.1) is 0 Å². The molecule has 0 amide bonds. The van der Waals surface area contributed by atoms with Gasteiger partial charge < -0.3 is 4.74 Å². The van der Waals surface area contributed by atoms with E-state index in [9.17, 15) is 8.78 Å². The third-order valence-electron chi connectivity index (χ3n) is 1.50. The number of hydrogen-bond donors (Lipinski definition) is 0. The Hall–Kier alpha value is -0.180. The van der Waals surface area contributed by atoms with Gasteiger partial charge in [0.25, 0.3) is 5.92 Å². The van der Waals surface area contributed by atoms with Crippen molar-refractivity contribution >= 4 is 0 Å². The van der Waals surface area contributed by atoms with Gasteiger partial charge in [0.15, 0.2) is 0 Å². The van der Waals surface area contributed by atoms with Crippen molar-refractivity contribution in [1.29, 1.82) is 0 Å². The molecule has 0 aliphatic heterocycles. The minimum atomic E-state index is -2.62. The van der Waals surface area contributed by atoms with Crippen molar-refractivity contribution in [2.75, 3.05) is 13.7 Å². The van der Waals surface area contributed by atoms with Crippen LogP contribution in [0.15, 0.2) is 0 Å². The molecular weight excluding hydrogens is 174 g/mol. The molecule has 0 saturated heterocycles. The molecular formula is C10H22F2O. The number of alkyl halides is 2. The van der Waals surface area contributed by atoms with Crippen LogP contribution in [0.1, 0.15) is 46.5 Å². The maximum absolute atomic E-state index is 12.6. The fraction of sp³-hybridized carbons (Fsp3) is 1.00. The van der Waals surface area contributed by atoms with Crippen LogP contribution in [-0.4, -0.2) is 19.6 Å². The summed E-state index contributed by atoms with van der Waals surface area (Å²) in [6.45, 7) is 5.55. The smallest absolute Gasteiger partial charge is 0.270 e. The molecule has 0 aromatic heterocycles. The lowest BCUT2D eigenvalue weighted by atomic mass is 10.1. The first kappa shape index (κ1) is 15.3. The van der Waals surface area contributed by atoms with Crippen LogP contribution in [0.3, 0.4) is 0 Å². The molecule has 0 atom stereocenters. The summed E-state index contributed by atoms with van der Waals surface area (Å²) in [5.41, 5.74) is 0. The maximum Gasteiger partial charge on any atom is 0.270 e. The fourth-order valence-corrected chi connectivity index (χ4v) is 0.917. The van der Waals surface area contributed by atoms with E-state index in [2.05, 4.69) is 4.74 Å². The molecule has 0 aromatic rings. The number of hydrogen-bond acceptors (Lipinski definition) is 1. The van der Waals surface area contributed by atoms with Crippen molar-refractivity contribution in [2.24, 2.45) is 0 Å². The number of halogens is 2. The van der Waals surface area contributed by atoms with Crippen LogP contribution >= 0.6 is 0 Å². The average molecular weight is 196 g/mol. The van der Waals surface area contributed by atoms with E-state index in [1.54, 1.807) is 0 Å². The minimum absolute atomic E-state index is 0.0469. The molecule has 0 fully saturated rings. The molecule has 0 spiro atoms. The fourth-order valence-electron chi connectivity index (χ4n) is 0.917. The van der Waals surface area contributed by atoms with Crippen molar-refractivity contribution in [3.8, 4) is 0 Å². The highest BCUT2D eigenvalue weighted by atomic mass is 19.3. The Morgan fingerprint density at radius 1 is 1.15 bits per heavy atom. The predicted molar refractivity (Wildman–Crippen MR) is 52.3 cm³/mol. The van der Waals surface area contributed by atoms with Gasteiger partial charge in [-0.15, -0.1) is 0 Å². The third-order valence-corrected chi connectivity index (χ3v) is 1.50. The third kappa shape index (κ3) is 11.8. The van der Waals surface area contributed by atoms with Crippen molar-refractivity contribution in [3.63, 3.8) is 0 Å². The Balaban J connectivity index is 0. The second kappa shape index (κ2) is 9.90. The van der Waals surface area contributed by atoms with Crippen LogP contribution in [0.5, 0.6) is 0 Å². The van der Waals surface area contributed by atoms with Gasteiger partial charge in [0, 0.05) is 13.5 Å². The van der Waals surface area contributed by atoms with Crippen molar-refractivity contribution in [3.05, 3.63) is 0 Å². The van der Waals surface area contributed by atoms with E-state index >= 15 is 0 Å². The Morgan fingerprint density at radius 2 is 1.69 bits per heavy atom. The van der Waals surface area contributed by atoms with Crippen molar-refractivity contribution in [2.45, 2.75) is 52.4 Å². The molecule has 13 heavy (non-hydrogen) atoms. The molecule has 0 aliphatic rings. The van der Waals surface area contributed by atoms with Crippen LogP contribution in [0.2, 0.25) is 0 Å². The van der Waals surface area contributed by atoms with Gasteiger partial charge in [-0.1, -0.05) is 33.6 Å². The van der Waals surface area contributed by atoms with Gasteiger partial charge in [-0.05, 0) is 6.42 Å². The molecule has 1 nitrogen and oxygen atoms in total. The quantitative estimate of drug-likeness (QED) is 0.586. The number of ether oxygens (including phenoxy) is 1. The van der Waals surface area contributed by atoms with E-state index in [-0.39, 0.29) is 6.42 Å². The van der Waals surface area contributed by atoms with E-state index < -0.39 is 12.5 Å². The SMILES string of the molecule is CC.CCCCCC(F)(F)COC. The molecule has 3 heteroatoms. The van der Waals surface area contributed by atoms with Gasteiger partial charge >= 0.3 is 0 Å². The van der Waals surface area contributed by atoms with E-state index in [1.807, 2.05) is 20.8 Å². The molecule has 0 rings (SSSR count). The number of unbranched alkanes of at least 4 members (excludes halogenated alkanes) is 2. The molecule has 0 unspecified atom stereocenters. The standard InChI is InChI=1S/C8H16F2O.C2H6/c1-3-4-5-6-8(9,10)7-11-2;1-2/h3-7H2,1-2H3;1-2H3. The first-order valence-corrected chi connectivity index (χ1v) is 4.99. The summed E-state index contributed by atoms with van der Waals surface area (Å²) in [4.78, 5) is 0. The zero-order chi connectivity index (χ0) is 10.7. The van der Waals surface area contributed by atoms with Gasteiger partial charge in [0.2, 0.25) is 0 Å². The lowest BCUT2D eigenvalue weighted by Gasteiger charge is -2.14. The average Bonchev–Trinajstić information content (AvgIpc) is 2.08. The molecule has 82 valence electrons. The summed E-state index contributed by atoms with van der Waals surface area (Å²) in [5, 5.41) is 0. The highest BCUT2D eigenvalue weighted by Crippen LogP contribution is 2.21. The lowest BCUT2D eigenvalue weighted by molar-refractivity contribution is -0.0711. The number of methoxy groups -OCH3 is 1. The summed E-state index contributed by atoms with van der Waals surface area (Å²) in [5.74, 6) is -2.62. The molecule has 0 aliphatic carbocycles. The molecule has 0 N–H and O–H groups in total. The van der Waals surface area contributed by atoms with Crippen LogP contribution < -0.4 is 0 Å². The summed E-state index contributed by atoms with van der Waals surface area (Å²) in [6.07, 6.45) is 2.39. The van der Waals surface area contributed by atoms with Gasteiger partial charge in [0.1, 0.15) is 6.61 Å². The zero-order valence-corrected chi connectivity index (χ0v) is 9.20. The highest BCUT2D eigenvalue weighted by molar-refractivity contribution is 4.64. The second-order valence-electron chi connectivity index (χ2n) is 2.75. The summed E-state index contributed by atoms with van der Waals surface area (Å²) in [7, 11) is 1.30. The monoisotopic (exact) mass is 196 g/mol. The summed E-state index contributed by atoms with van der Waals surface area (Å²) >= 11 is 0. The molecule has 0 radical (unpaired) electrons. The molecule has 0 aromatic carbocycles. The van der Waals surface area contributed by atoms with Gasteiger partial charge in [-0.2, -0.15) is 0 Å². The van der Waals surface area contributed by atoms with Gasteiger partial charge in [-0.25, -0.2) is 8.78 Å². The second-order valence-corrected chi connectivity index (χ2v) is 2.75. The van der Waals surface area contributed by atoms with E-state index in [4.69, 9.17) is 0 Å². The van der Waals surface area contributed by atoms with Crippen LogP contribution in [0, 0.1) is 0 Å². The van der Waals surface area contributed by atoms with Crippen molar-refractivity contribution < 1.29 is 13.5 Å². The summed E-state index contributed by atoms with van der Waals surface area (Å²) in [6, 6.07) is 0. The normalized spacial score (nSPS) is 10.6. The van der Waals surface area contributed by atoms with Crippen LogP contribution in [0.25, 0.3) is 0 Å². The van der Waals surface area contributed by atoms with Crippen LogP contribution in [-0.2, 0) is 4.74 Å². The molecule has 0 heterocycles. The number of rotatable bonds is 6. The lowest BCUT2D eigenvalue weighted by Crippen LogP contribution is -2.22. The largest absolute Gasteiger partial charge is 0.378 e. The first-order chi connectivity index (χ1) is 6.12. The van der Waals surface area contributed by atoms with Crippen LogP contribution in [0.4, 0.5) is 8.78 Å². The van der Waals surface area contributed by atoms with E-state index in [1.165, 1.54) is 7.11 Å². The zero-order valence-electron chi connectivity index (χ0n) is 9.20. The minimum Gasteiger partial charge on any atom is -0.378 e. The predicted octanol–water partition coefficient (Wildman–Crippen LogP) is 3.87. The Labute approximate surface area is 80.5 Å². The van der Waals surface area contributed by atoms with E-state index in [0.717, 1.165) is 12.8 Å². The van der Waals surface area contributed by atoms with E-state index in [0.29, 0.717) is 6.42 Å². The Morgan fingerprint density at radius 3 is 2.08 bits per heavy atom. The summed E-state index contributed by atoms with van der Waals surface area (Å²) < 4.78 is 29.6. The van der Waals surface area contributed by atoms with Gasteiger partial charge in [-0.3, -0.25) is 0 Å². The maximum atomic E-state index is 12.6. The Kier molecular flexibility index (Phi) is 11.7. The topological polar surface area (TPSA) is 9.23 Å². The highest BCUT2D eigenvalue weighted by Gasteiger charge is 2.27. The molecule has 0 bridgehead atoms. The Bertz CT molecular complexity index is 94.9. The van der Waals surface area contributed by atoms with Crippen molar-refractivity contribution in [1.82, 2.24) is 0 Å².